The number of carbonyl (C=O) groups is 2. The quantitative estimate of drug-likeness (QED) is 0.761. The van der Waals surface area contributed by atoms with Gasteiger partial charge in [0.05, 0.1) is 6.10 Å². The van der Waals surface area contributed by atoms with Crippen LogP contribution in [0.4, 0.5) is 4.39 Å². The monoisotopic (exact) mass is 438 g/mol. The second kappa shape index (κ2) is 9.41. The summed E-state index contributed by atoms with van der Waals surface area (Å²) in [5.74, 6) is -0.137. The van der Waals surface area contributed by atoms with Crippen molar-refractivity contribution in [3.63, 3.8) is 0 Å². The summed E-state index contributed by atoms with van der Waals surface area (Å²) in [4.78, 5) is 27.6. The molecule has 2 amide bonds. The minimum Gasteiger partial charge on any atom is -0.361 e. The Morgan fingerprint density at radius 2 is 1.75 bits per heavy atom. The smallest absolute Gasteiger partial charge is 0.256 e. The van der Waals surface area contributed by atoms with Crippen molar-refractivity contribution in [2.24, 2.45) is 5.41 Å². The molecular weight excluding hydrogens is 407 g/mol. The summed E-state index contributed by atoms with van der Waals surface area (Å²) >= 11 is 0. The molecule has 2 heterocycles. The van der Waals surface area contributed by atoms with Gasteiger partial charge in [-0.2, -0.15) is 0 Å². The van der Waals surface area contributed by atoms with Crippen LogP contribution in [0.5, 0.6) is 0 Å². The number of halogens is 1. The number of hydrogen-bond acceptors (Lipinski definition) is 3. The summed E-state index contributed by atoms with van der Waals surface area (Å²) in [5, 5.41) is 2.98. The van der Waals surface area contributed by atoms with Gasteiger partial charge in [0.15, 0.2) is 6.10 Å². The van der Waals surface area contributed by atoms with Crippen LogP contribution < -0.4 is 5.32 Å². The molecule has 0 aromatic heterocycles. The maximum atomic E-state index is 13.5. The topological polar surface area (TPSA) is 58.6 Å². The number of rotatable bonds is 5. The lowest BCUT2D eigenvalue weighted by Gasteiger charge is -2.49. The van der Waals surface area contributed by atoms with Gasteiger partial charge in [-0.1, -0.05) is 42.5 Å². The first-order valence-electron chi connectivity index (χ1n) is 11.4. The Morgan fingerprint density at radius 1 is 1.09 bits per heavy atom. The predicted molar refractivity (Wildman–Crippen MR) is 120 cm³/mol. The van der Waals surface area contributed by atoms with Crippen molar-refractivity contribution in [1.29, 1.82) is 0 Å². The van der Waals surface area contributed by atoms with E-state index >= 15 is 0 Å². The summed E-state index contributed by atoms with van der Waals surface area (Å²) < 4.78 is 19.5. The van der Waals surface area contributed by atoms with E-state index in [1.807, 2.05) is 61.2 Å². The van der Waals surface area contributed by atoms with Gasteiger partial charge in [-0.05, 0) is 55.4 Å². The molecule has 1 N–H and O–H groups in total. The Kier molecular flexibility index (Phi) is 6.60. The predicted octanol–water partition coefficient (Wildman–Crippen LogP) is 4.20. The van der Waals surface area contributed by atoms with Gasteiger partial charge in [0.2, 0.25) is 5.91 Å². The Morgan fingerprint density at radius 3 is 2.38 bits per heavy atom. The van der Waals surface area contributed by atoms with Gasteiger partial charge >= 0.3 is 0 Å². The van der Waals surface area contributed by atoms with E-state index < -0.39 is 6.10 Å². The summed E-state index contributed by atoms with van der Waals surface area (Å²) in [5.41, 5.74) is 1.67. The molecule has 2 aliphatic heterocycles. The van der Waals surface area contributed by atoms with Crippen molar-refractivity contribution < 1.29 is 18.7 Å². The van der Waals surface area contributed by atoms with Gasteiger partial charge in [-0.3, -0.25) is 9.59 Å². The highest BCUT2D eigenvalue weighted by atomic mass is 19.1. The highest BCUT2D eigenvalue weighted by Crippen LogP contribution is 2.49. The molecule has 2 aliphatic rings. The fourth-order valence-electron chi connectivity index (χ4n) is 5.15. The molecule has 2 atom stereocenters. The lowest BCUT2D eigenvalue weighted by atomic mass is 9.62. The Bertz CT molecular complexity index is 937. The van der Waals surface area contributed by atoms with Crippen molar-refractivity contribution in [1.82, 2.24) is 10.2 Å². The standard InChI is InChI=1S/C26H31FN2O3/c1-18(2)32-24(20-6-4-3-5-7-20)25(31)29-14-12-26(13-15-29)16-23(30)28-17-22(26)19-8-10-21(27)11-9-19/h3-11,18,22,24H,12-17H2,1-2H3,(H,28,30)/t22-,24-/m0/s1. The van der Waals surface area contributed by atoms with Gasteiger partial charge in [0, 0.05) is 32.0 Å². The molecule has 6 heteroatoms. The number of benzene rings is 2. The molecule has 1 spiro atoms. The maximum Gasteiger partial charge on any atom is 0.256 e. The highest BCUT2D eigenvalue weighted by molar-refractivity contribution is 5.83. The molecule has 5 nitrogen and oxygen atoms in total. The second-order valence-corrected chi connectivity index (χ2v) is 9.25. The van der Waals surface area contributed by atoms with Crippen LogP contribution in [0.15, 0.2) is 54.6 Å². The number of nitrogens with one attached hydrogen (secondary N) is 1. The normalized spacial score (nSPS) is 21.4. The van der Waals surface area contributed by atoms with E-state index in [0.29, 0.717) is 26.1 Å². The van der Waals surface area contributed by atoms with Crippen LogP contribution in [0.3, 0.4) is 0 Å². The minimum atomic E-state index is -0.632. The molecule has 2 saturated heterocycles. The number of nitrogens with zero attached hydrogens (tertiary/aromatic N) is 1. The first kappa shape index (κ1) is 22.5. The molecule has 32 heavy (non-hydrogen) atoms. The molecule has 170 valence electrons. The van der Waals surface area contributed by atoms with E-state index in [9.17, 15) is 14.0 Å². The molecule has 2 aromatic rings. The summed E-state index contributed by atoms with van der Waals surface area (Å²) in [6.45, 7) is 5.56. The molecule has 0 saturated carbocycles. The van der Waals surface area contributed by atoms with E-state index in [1.165, 1.54) is 12.1 Å². The van der Waals surface area contributed by atoms with E-state index in [2.05, 4.69) is 5.32 Å². The third kappa shape index (κ3) is 4.70. The molecule has 0 radical (unpaired) electrons. The highest BCUT2D eigenvalue weighted by Gasteiger charge is 2.47. The van der Waals surface area contributed by atoms with Crippen LogP contribution in [0.1, 0.15) is 56.3 Å². The third-order valence-corrected chi connectivity index (χ3v) is 6.83. The molecule has 0 bridgehead atoms. The van der Waals surface area contributed by atoms with Crippen LogP contribution in [0.25, 0.3) is 0 Å². The van der Waals surface area contributed by atoms with Crippen molar-refractivity contribution in [2.45, 2.75) is 51.2 Å². The van der Waals surface area contributed by atoms with Gasteiger partial charge in [-0.25, -0.2) is 4.39 Å². The zero-order chi connectivity index (χ0) is 22.7. The average Bonchev–Trinajstić information content (AvgIpc) is 2.79. The van der Waals surface area contributed by atoms with E-state index in [4.69, 9.17) is 4.74 Å². The van der Waals surface area contributed by atoms with Gasteiger partial charge in [-0.15, -0.1) is 0 Å². The second-order valence-electron chi connectivity index (χ2n) is 9.25. The first-order valence-corrected chi connectivity index (χ1v) is 11.4. The average molecular weight is 439 g/mol. The Balaban J connectivity index is 1.52. The van der Waals surface area contributed by atoms with Gasteiger partial charge in [0.1, 0.15) is 5.82 Å². The summed E-state index contributed by atoms with van der Waals surface area (Å²) in [6.07, 6.45) is 1.19. The lowest BCUT2D eigenvalue weighted by Crippen LogP contribution is -2.53. The van der Waals surface area contributed by atoms with E-state index in [-0.39, 0.29) is 35.1 Å². The SMILES string of the molecule is CC(C)O[C@H](C(=O)N1CCC2(CC1)CC(=O)NC[C@H]2c1ccc(F)cc1)c1ccccc1. The lowest BCUT2D eigenvalue weighted by molar-refractivity contribution is -0.150. The molecular formula is C26H31FN2O3. The van der Waals surface area contributed by atoms with Crippen molar-refractivity contribution in [3.05, 3.63) is 71.5 Å². The van der Waals surface area contributed by atoms with Crippen molar-refractivity contribution in [3.8, 4) is 0 Å². The van der Waals surface area contributed by atoms with E-state index in [1.54, 1.807) is 0 Å². The number of hydrogen-bond donors (Lipinski definition) is 1. The van der Waals surface area contributed by atoms with Crippen LogP contribution in [0, 0.1) is 11.2 Å². The molecule has 2 aromatic carbocycles. The van der Waals surface area contributed by atoms with Gasteiger partial charge < -0.3 is 15.0 Å². The Labute approximate surface area is 188 Å². The van der Waals surface area contributed by atoms with Gasteiger partial charge in [0.25, 0.3) is 5.91 Å². The molecule has 4 rings (SSSR count). The zero-order valence-corrected chi connectivity index (χ0v) is 18.7. The van der Waals surface area contributed by atoms with E-state index in [0.717, 1.165) is 24.0 Å². The number of amides is 2. The number of ether oxygens (including phenoxy) is 1. The summed E-state index contributed by atoms with van der Waals surface area (Å²) in [7, 11) is 0. The van der Waals surface area contributed by atoms with Crippen LogP contribution in [-0.2, 0) is 14.3 Å². The summed E-state index contributed by atoms with van der Waals surface area (Å²) in [6, 6.07) is 16.2. The number of likely N-dealkylation sites (tertiary alicyclic amines) is 1. The number of carbonyl (C=O) groups excluding carboxylic acids is 2. The molecule has 2 fully saturated rings. The van der Waals surface area contributed by atoms with Crippen LogP contribution in [0.2, 0.25) is 0 Å². The fraction of sp³-hybridized carbons (Fsp3) is 0.462. The van der Waals surface area contributed by atoms with Crippen LogP contribution in [-0.4, -0.2) is 42.5 Å². The van der Waals surface area contributed by atoms with Crippen molar-refractivity contribution >= 4 is 11.8 Å². The van der Waals surface area contributed by atoms with Crippen LogP contribution >= 0.6 is 0 Å². The third-order valence-electron chi connectivity index (χ3n) is 6.83. The molecule has 0 aliphatic carbocycles. The zero-order valence-electron chi connectivity index (χ0n) is 18.7. The Hall–Kier alpha value is -2.73. The fourth-order valence-corrected chi connectivity index (χ4v) is 5.15. The molecule has 0 unspecified atom stereocenters. The van der Waals surface area contributed by atoms with Crippen molar-refractivity contribution in [2.75, 3.05) is 19.6 Å². The number of piperidine rings is 2. The largest absolute Gasteiger partial charge is 0.361 e. The maximum absolute atomic E-state index is 13.5. The first-order chi connectivity index (χ1) is 15.4. The minimum absolute atomic E-state index is 0.0293.